The molecular weight excluding hydrogens is 288 g/mol. The molecule has 7 N–H and O–H groups in total. The number of nitrogens with zero attached hydrogens (tertiary/aromatic N) is 2. The molecule has 6 heteroatoms. The fraction of sp³-hybridized carbons (Fsp3) is 0.235. The maximum atomic E-state index is 6.39. The summed E-state index contributed by atoms with van der Waals surface area (Å²) in [4.78, 5) is 0. The highest BCUT2D eigenvalue weighted by molar-refractivity contribution is 6.13. The van der Waals surface area contributed by atoms with E-state index in [1.54, 1.807) is 0 Å². The SMILES string of the molecule is CCc1c(-c2ccccc2)c(N)c(N)c2c1N(CC)NN=C2N. The van der Waals surface area contributed by atoms with Crippen LogP contribution in [0.1, 0.15) is 25.0 Å². The zero-order valence-corrected chi connectivity index (χ0v) is 13.4. The van der Waals surface area contributed by atoms with Gasteiger partial charge in [-0.3, -0.25) is 5.01 Å². The van der Waals surface area contributed by atoms with Crippen LogP contribution in [0.15, 0.2) is 35.4 Å². The predicted octanol–water partition coefficient (Wildman–Crippen LogP) is 2.05. The van der Waals surface area contributed by atoms with Gasteiger partial charge in [0.2, 0.25) is 0 Å². The lowest BCUT2D eigenvalue weighted by atomic mass is 9.89. The van der Waals surface area contributed by atoms with Gasteiger partial charge in [-0.15, -0.1) is 5.10 Å². The normalized spacial score (nSPS) is 13.3. The van der Waals surface area contributed by atoms with E-state index in [-0.39, 0.29) is 0 Å². The zero-order chi connectivity index (χ0) is 16.6. The summed E-state index contributed by atoms with van der Waals surface area (Å²) in [6.45, 7) is 4.88. The van der Waals surface area contributed by atoms with Crippen LogP contribution in [0.25, 0.3) is 11.1 Å². The molecule has 0 bridgehead atoms. The molecule has 0 saturated carbocycles. The van der Waals surface area contributed by atoms with Gasteiger partial charge in [-0.05, 0) is 24.5 Å². The molecule has 1 aliphatic rings. The molecule has 3 rings (SSSR count). The van der Waals surface area contributed by atoms with E-state index in [2.05, 4.69) is 17.6 Å². The van der Waals surface area contributed by atoms with Gasteiger partial charge in [0.15, 0.2) is 5.84 Å². The molecule has 0 fully saturated rings. The van der Waals surface area contributed by atoms with Gasteiger partial charge < -0.3 is 17.2 Å². The molecule has 2 aromatic carbocycles. The Balaban J connectivity index is 2.40. The number of nitrogens with two attached hydrogens (primary N) is 3. The molecule has 0 atom stereocenters. The lowest BCUT2D eigenvalue weighted by Gasteiger charge is -2.33. The average molecular weight is 310 g/mol. The summed E-state index contributed by atoms with van der Waals surface area (Å²) in [6, 6.07) is 10.1. The minimum atomic E-state index is 0.364. The van der Waals surface area contributed by atoms with Gasteiger partial charge in [0.05, 0.1) is 22.6 Å². The average Bonchev–Trinajstić information content (AvgIpc) is 2.58. The molecule has 23 heavy (non-hydrogen) atoms. The molecule has 120 valence electrons. The number of benzene rings is 2. The Kier molecular flexibility index (Phi) is 3.73. The number of hydrazine groups is 1. The van der Waals surface area contributed by atoms with Gasteiger partial charge in [-0.2, -0.15) is 0 Å². The molecule has 0 radical (unpaired) electrons. The molecule has 0 aliphatic carbocycles. The van der Waals surface area contributed by atoms with Gasteiger partial charge in [0, 0.05) is 12.1 Å². The second-order valence-electron chi connectivity index (χ2n) is 5.47. The van der Waals surface area contributed by atoms with Crippen molar-refractivity contribution in [1.82, 2.24) is 5.53 Å². The minimum absolute atomic E-state index is 0.364. The molecule has 0 saturated heterocycles. The van der Waals surface area contributed by atoms with Crippen molar-refractivity contribution in [2.75, 3.05) is 23.0 Å². The van der Waals surface area contributed by atoms with Gasteiger partial charge in [-0.1, -0.05) is 37.3 Å². The van der Waals surface area contributed by atoms with Crippen LogP contribution in [0.4, 0.5) is 17.1 Å². The molecule has 0 aromatic heterocycles. The summed E-state index contributed by atoms with van der Waals surface area (Å²) >= 11 is 0. The Morgan fingerprint density at radius 1 is 1.00 bits per heavy atom. The van der Waals surface area contributed by atoms with Crippen molar-refractivity contribution in [1.29, 1.82) is 0 Å². The largest absolute Gasteiger partial charge is 0.397 e. The predicted molar refractivity (Wildman–Crippen MR) is 97.0 cm³/mol. The van der Waals surface area contributed by atoms with Crippen molar-refractivity contribution in [3.63, 3.8) is 0 Å². The first-order chi connectivity index (χ1) is 11.1. The number of hydrogen-bond acceptors (Lipinski definition) is 6. The van der Waals surface area contributed by atoms with Crippen LogP contribution in [-0.4, -0.2) is 12.4 Å². The van der Waals surface area contributed by atoms with Crippen molar-refractivity contribution in [2.45, 2.75) is 20.3 Å². The highest BCUT2D eigenvalue weighted by Gasteiger charge is 2.28. The Morgan fingerprint density at radius 3 is 2.26 bits per heavy atom. The molecule has 0 spiro atoms. The van der Waals surface area contributed by atoms with Gasteiger partial charge in [0.25, 0.3) is 0 Å². The molecule has 0 unspecified atom stereocenters. The number of amidine groups is 1. The Hall–Kier alpha value is -2.89. The fourth-order valence-corrected chi connectivity index (χ4v) is 3.11. The topological polar surface area (TPSA) is 106 Å². The summed E-state index contributed by atoms with van der Waals surface area (Å²) in [5.41, 5.74) is 27.6. The quantitative estimate of drug-likeness (QED) is 0.649. The lowest BCUT2D eigenvalue weighted by molar-refractivity contribution is 0.660. The number of nitrogen functional groups attached to an aromatic ring is 2. The summed E-state index contributed by atoms with van der Waals surface area (Å²) in [7, 11) is 0. The van der Waals surface area contributed by atoms with Crippen LogP contribution in [-0.2, 0) is 6.42 Å². The van der Waals surface area contributed by atoms with Gasteiger partial charge in [-0.25, -0.2) is 5.53 Å². The van der Waals surface area contributed by atoms with E-state index in [1.165, 1.54) is 0 Å². The van der Waals surface area contributed by atoms with Crippen LogP contribution < -0.4 is 27.7 Å². The van der Waals surface area contributed by atoms with Crippen molar-refractivity contribution in [3.8, 4) is 11.1 Å². The standard InChI is InChI=1S/C17H22N6/c1-3-11-12(10-8-6-5-7-9-10)14(18)15(19)13-16(11)23(4-2)22-21-17(13)20/h5-9,22H,3-4,18-19H2,1-2H3,(H2,20,21). The Morgan fingerprint density at radius 2 is 1.65 bits per heavy atom. The highest BCUT2D eigenvalue weighted by Crippen LogP contribution is 2.44. The van der Waals surface area contributed by atoms with E-state index in [9.17, 15) is 0 Å². The Bertz CT molecular complexity index is 767. The number of fused-ring (bicyclic) bond motifs is 1. The first-order valence-electron chi connectivity index (χ1n) is 7.76. The maximum Gasteiger partial charge on any atom is 0.156 e. The molecule has 2 aromatic rings. The molecular formula is C17H22N6. The van der Waals surface area contributed by atoms with Crippen LogP contribution in [0, 0.1) is 0 Å². The second-order valence-corrected chi connectivity index (χ2v) is 5.47. The molecule has 0 amide bonds. The monoisotopic (exact) mass is 310 g/mol. The van der Waals surface area contributed by atoms with E-state index < -0.39 is 0 Å². The van der Waals surface area contributed by atoms with Crippen molar-refractivity contribution in [2.24, 2.45) is 10.8 Å². The third-order valence-corrected chi connectivity index (χ3v) is 4.20. The molecule has 1 aliphatic heterocycles. The maximum absolute atomic E-state index is 6.39. The smallest absolute Gasteiger partial charge is 0.156 e. The van der Waals surface area contributed by atoms with Crippen molar-refractivity contribution in [3.05, 3.63) is 41.5 Å². The second kappa shape index (κ2) is 5.72. The summed E-state index contributed by atoms with van der Waals surface area (Å²) in [5.74, 6) is 0.364. The van der Waals surface area contributed by atoms with Crippen LogP contribution >= 0.6 is 0 Å². The van der Waals surface area contributed by atoms with E-state index >= 15 is 0 Å². The van der Waals surface area contributed by atoms with E-state index in [1.807, 2.05) is 42.3 Å². The third-order valence-electron chi connectivity index (χ3n) is 4.20. The zero-order valence-electron chi connectivity index (χ0n) is 13.4. The summed E-state index contributed by atoms with van der Waals surface area (Å²) in [6.07, 6.45) is 0.808. The number of rotatable bonds is 3. The highest BCUT2D eigenvalue weighted by atomic mass is 15.7. The van der Waals surface area contributed by atoms with E-state index in [4.69, 9.17) is 17.2 Å². The van der Waals surface area contributed by atoms with Crippen LogP contribution in [0.3, 0.4) is 0 Å². The van der Waals surface area contributed by atoms with Crippen molar-refractivity contribution < 1.29 is 0 Å². The van der Waals surface area contributed by atoms with Gasteiger partial charge >= 0.3 is 0 Å². The number of hydrogen-bond donors (Lipinski definition) is 4. The van der Waals surface area contributed by atoms with Gasteiger partial charge in [0.1, 0.15) is 0 Å². The number of nitrogens with one attached hydrogen (secondary N) is 1. The van der Waals surface area contributed by atoms with Crippen LogP contribution in [0.5, 0.6) is 0 Å². The summed E-state index contributed by atoms with van der Waals surface area (Å²) in [5, 5.41) is 6.09. The number of hydrazone groups is 1. The summed E-state index contributed by atoms with van der Waals surface area (Å²) < 4.78 is 0. The molecule has 1 heterocycles. The third kappa shape index (κ3) is 2.23. The molecule has 6 nitrogen and oxygen atoms in total. The van der Waals surface area contributed by atoms with Crippen LogP contribution in [0.2, 0.25) is 0 Å². The minimum Gasteiger partial charge on any atom is -0.397 e. The first-order valence-corrected chi connectivity index (χ1v) is 7.76. The lowest BCUT2D eigenvalue weighted by Crippen LogP contribution is -2.42. The van der Waals surface area contributed by atoms with E-state index in [0.717, 1.165) is 40.9 Å². The Labute approximate surface area is 135 Å². The fourth-order valence-electron chi connectivity index (χ4n) is 3.11. The van der Waals surface area contributed by atoms with Crippen molar-refractivity contribution >= 4 is 22.9 Å². The van der Waals surface area contributed by atoms with E-state index in [0.29, 0.717) is 17.2 Å². The number of anilines is 3. The first kappa shape index (κ1) is 15.0.